The highest BCUT2D eigenvalue weighted by Gasteiger charge is 2.24. The van der Waals surface area contributed by atoms with Crippen LogP contribution in [0.25, 0.3) is 11.0 Å². The lowest BCUT2D eigenvalue weighted by Crippen LogP contribution is -2.43. The molecule has 0 radical (unpaired) electrons. The number of benzene rings is 1. The van der Waals surface area contributed by atoms with Crippen LogP contribution >= 0.6 is 0 Å². The molecule has 20 heavy (non-hydrogen) atoms. The third-order valence-corrected chi connectivity index (χ3v) is 4.61. The summed E-state index contributed by atoms with van der Waals surface area (Å²) >= 11 is 0. The fourth-order valence-corrected chi connectivity index (χ4v) is 3.27. The summed E-state index contributed by atoms with van der Waals surface area (Å²) in [7, 11) is -0.857. The van der Waals surface area contributed by atoms with Gasteiger partial charge in [0, 0.05) is 40.8 Å². The molecule has 1 aliphatic rings. The van der Waals surface area contributed by atoms with Gasteiger partial charge in [0.1, 0.15) is 11.1 Å². The molecule has 6 heteroatoms. The summed E-state index contributed by atoms with van der Waals surface area (Å²) in [6.07, 6.45) is 0. The van der Waals surface area contributed by atoms with Crippen LogP contribution in [-0.4, -0.2) is 39.6 Å². The summed E-state index contributed by atoms with van der Waals surface area (Å²) in [5.41, 5.74) is -0.120. The highest BCUT2D eigenvalue weighted by atomic mass is 32.2. The van der Waals surface area contributed by atoms with Crippen molar-refractivity contribution < 1.29 is 13.4 Å². The van der Waals surface area contributed by atoms with Crippen LogP contribution in [0.4, 0.5) is 0 Å². The van der Waals surface area contributed by atoms with Gasteiger partial charge < -0.3 is 9.32 Å². The molecule has 0 saturated carbocycles. The second-order valence-electron chi connectivity index (χ2n) is 4.63. The van der Waals surface area contributed by atoms with Crippen molar-refractivity contribution in [1.29, 1.82) is 0 Å². The molecule has 104 valence electrons. The fourth-order valence-electron chi connectivity index (χ4n) is 2.22. The van der Waals surface area contributed by atoms with E-state index in [1.807, 2.05) is 6.07 Å². The van der Waals surface area contributed by atoms with Crippen LogP contribution < -0.4 is 5.63 Å². The van der Waals surface area contributed by atoms with Gasteiger partial charge in [-0.25, -0.2) is 4.79 Å². The molecule has 0 unspecified atom stereocenters. The van der Waals surface area contributed by atoms with Gasteiger partial charge in [-0.15, -0.1) is 0 Å². The van der Waals surface area contributed by atoms with E-state index in [0.29, 0.717) is 30.2 Å². The number of rotatable bonds is 1. The van der Waals surface area contributed by atoms with Crippen LogP contribution in [0, 0.1) is 0 Å². The first-order chi connectivity index (χ1) is 9.65. The van der Waals surface area contributed by atoms with Crippen molar-refractivity contribution in [1.82, 2.24) is 4.90 Å². The van der Waals surface area contributed by atoms with Crippen LogP contribution in [0.3, 0.4) is 0 Å². The quantitative estimate of drug-likeness (QED) is 0.735. The minimum atomic E-state index is -0.857. The minimum Gasteiger partial charge on any atom is -0.422 e. The molecule has 1 amide bonds. The summed E-state index contributed by atoms with van der Waals surface area (Å²) in [5.74, 6) is 0.580. The van der Waals surface area contributed by atoms with E-state index in [-0.39, 0.29) is 11.5 Å². The maximum absolute atomic E-state index is 12.3. The first-order valence-corrected chi connectivity index (χ1v) is 7.81. The van der Waals surface area contributed by atoms with E-state index >= 15 is 0 Å². The van der Waals surface area contributed by atoms with Gasteiger partial charge in [0.2, 0.25) is 0 Å². The van der Waals surface area contributed by atoms with Crippen LogP contribution in [0.1, 0.15) is 10.4 Å². The summed E-state index contributed by atoms with van der Waals surface area (Å²) < 4.78 is 16.5. The summed E-state index contributed by atoms with van der Waals surface area (Å²) in [5, 5.41) is 0.719. The Hall–Kier alpha value is -1.95. The highest BCUT2D eigenvalue weighted by Crippen LogP contribution is 2.14. The lowest BCUT2D eigenvalue weighted by atomic mass is 10.1. The number of carbonyl (C=O) groups excluding carboxylic acids is 1. The van der Waals surface area contributed by atoms with Crippen molar-refractivity contribution in [2.75, 3.05) is 24.6 Å². The van der Waals surface area contributed by atoms with E-state index in [9.17, 15) is 13.8 Å². The largest absolute Gasteiger partial charge is 0.422 e. The fraction of sp³-hybridized carbons (Fsp3) is 0.286. The number of para-hydroxylation sites is 1. The summed E-state index contributed by atoms with van der Waals surface area (Å²) in [4.78, 5) is 25.8. The van der Waals surface area contributed by atoms with Gasteiger partial charge in [0.05, 0.1) is 0 Å². The predicted octanol–water partition coefficient (Wildman–Crippen LogP) is 0.998. The number of amides is 1. The van der Waals surface area contributed by atoms with Gasteiger partial charge in [0.15, 0.2) is 0 Å². The van der Waals surface area contributed by atoms with Crippen molar-refractivity contribution in [3.05, 3.63) is 46.3 Å². The van der Waals surface area contributed by atoms with E-state index in [4.69, 9.17) is 4.42 Å². The van der Waals surface area contributed by atoms with Gasteiger partial charge in [0.25, 0.3) is 5.91 Å². The molecule has 0 N–H and O–H groups in total. The maximum Gasteiger partial charge on any atom is 0.349 e. The molecule has 1 aliphatic heterocycles. The zero-order valence-corrected chi connectivity index (χ0v) is 11.5. The number of hydrogen-bond donors (Lipinski definition) is 0. The molecule has 1 aromatic heterocycles. The van der Waals surface area contributed by atoms with E-state index in [2.05, 4.69) is 0 Å². The molecule has 0 atom stereocenters. The summed E-state index contributed by atoms with van der Waals surface area (Å²) in [6, 6.07) is 8.64. The van der Waals surface area contributed by atoms with Crippen LogP contribution in [0.5, 0.6) is 0 Å². The molecule has 5 nitrogen and oxygen atoms in total. The van der Waals surface area contributed by atoms with Crippen molar-refractivity contribution in [3.63, 3.8) is 0 Å². The van der Waals surface area contributed by atoms with Crippen LogP contribution in [0.15, 0.2) is 39.5 Å². The van der Waals surface area contributed by atoms with Crippen molar-refractivity contribution in [2.24, 2.45) is 0 Å². The van der Waals surface area contributed by atoms with E-state index in [0.717, 1.165) is 5.39 Å². The molecule has 0 bridgehead atoms. The van der Waals surface area contributed by atoms with Gasteiger partial charge >= 0.3 is 5.63 Å². The average molecular weight is 291 g/mol. The van der Waals surface area contributed by atoms with E-state index in [1.54, 1.807) is 29.2 Å². The Morgan fingerprint density at radius 1 is 1.20 bits per heavy atom. The Labute approximate surface area is 117 Å². The van der Waals surface area contributed by atoms with Crippen molar-refractivity contribution in [3.8, 4) is 0 Å². The molecule has 2 heterocycles. The minimum absolute atomic E-state index is 0.0383. The first kappa shape index (κ1) is 13.1. The van der Waals surface area contributed by atoms with Crippen LogP contribution in [0.2, 0.25) is 0 Å². The molecule has 1 aromatic carbocycles. The molecular formula is C14H13NO4S. The summed E-state index contributed by atoms with van der Waals surface area (Å²) in [6.45, 7) is 0.829. The zero-order chi connectivity index (χ0) is 14.1. The van der Waals surface area contributed by atoms with Gasteiger partial charge in [-0.3, -0.25) is 9.00 Å². The Balaban J connectivity index is 1.97. The van der Waals surface area contributed by atoms with E-state index < -0.39 is 16.4 Å². The van der Waals surface area contributed by atoms with Gasteiger partial charge in [-0.2, -0.15) is 0 Å². The number of carbonyl (C=O) groups is 1. The maximum atomic E-state index is 12.3. The van der Waals surface area contributed by atoms with Gasteiger partial charge in [-0.1, -0.05) is 18.2 Å². The number of hydrogen-bond acceptors (Lipinski definition) is 4. The highest BCUT2D eigenvalue weighted by molar-refractivity contribution is 7.85. The lowest BCUT2D eigenvalue weighted by Gasteiger charge is -2.25. The Morgan fingerprint density at radius 3 is 2.65 bits per heavy atom. The van der Waals surface area contributed by atoms with Crippen LogP contribution in [-0.2, 0) is 10.8 Å². The molecular weight excluding hydrogens is 278 g/mol. The molecule has 2 aromatic rings. The predicted molar refractivity (Wildman–Crippen MR) is 76.3 cm³/mol. The van der Waals surface area contributed by atoms with Gasteiger partial charge in [-0.05, 0) is 12.1 Å². The molecule has 1 fully saturated rings. The Morgan fingerprint density at radius 2 is 1.90 bits per heavy atom. The second-order valence-corrected chi connectivity index (χ2v) is 6.32. The SMILES string of the molecule is O=C(c1cc2ccccc2oc1=O)N1CCS(=O)CC1. The van der Waals surface area contributed by atoms with Crippen molar-refractivity contribution in [2.45, 2.75) is 0 Å². The third kappa shape index (κ3) is 2.38. The Bertz CT molecular complexity index is 742. The average Bonchev–Trinajstić information content (AvgIpc) is 2.46. The standard InChI is InChI=1S/C14H13NO4S/c16-13(15-5-7-20(18)8-6-15)11-9-10-3-1-2-4-12(10)19-14(11)17/h1-4,9H,5-8H2. The first-order valence-electron chi connectivity index (χ1n) is 6.32. The molecule has 0 aliphatic carbocycles. The second kappa shape index (κ2) is 5.20. The normalized spacial score (nSPS) is 16.5. The number of fused-ring (bicyclic) bond motifs is 1. The smallest absolute Gasteiger partial charge is 0.349 e. The number of nitrogens with zero attached hydrogens (tertiary/aromatic N) is 1. The van der Waals surface area contributed by atoms with E-state index in [1.165, 1.54) is 0 Å². The molecule has 1 saturated heterocycles. The topological polar surface area (TPSA) is 67.6 Å². The lowest BCUT2D eigenvalue weighted by molar-refractivity contribution is 0.0767. The molecule has 0 spiro atoms. The molecule has 3 rings (SSSR count). The third-order valence-electron chi connectivity index (χ3n) is 3.34. The monoisotopic (exact) mass is 291 g/mol. The van der Waals surface area contributed by atoms with Crippen molar-refractivity contribution >= 4 is 27.7 Å². The Kier molecular flexibility index (Phi) is 3.40. The zero-order valence-electron chi connectivity index (χ0n) is 10.7.